The fourth-order valence-corrected chi connectivity index (χ4v) is 0. The van der Waals surface area contributed by atoms with E-state index in [-0.39, 0.29) is 30.8 Å². The lowest BCUT2D eigenvalue weighted by Gasteiger charge is -1.69. The molecule has 12 heteroatoms. The standard InChI is InChI=1S/C3H6.CH2O3.BH3O3.5H3N/c1-3-2;2*2-1(3)4;;;;;/h3H,1H2,2H3;(H2,2,3,4);2-4H;5*1H3. The van der Waals surface area contributed by atoms with E-state index < -0.39 is 13.5 Å². The van der Waals surface area contributed by atoms with Gasteiger partial charge in [-0.1, -0.05) is 6.08 Å². The monoisotopic (exact) mass is 251 g/mol. The highest BCUT2D eigenvalue weighted by atomic mass is 16.6. The lowest BCUT2D eigenvalue weighted by molar-refractivity contribution is 0.137. The predicted octanol–water partition coefficient (Wildman–Crippen LogP) is 0.173. The van der Waals surface area contributed by atoms with Crippen LogP contribution in [0.15, 0.2) is 12.7 Å². The Kier molecular flexibility index (Phi) is 258. The fraction of sp³-hybridized carbons (Fsp3) is 0.250. The van der Waals surface area contributed by atoms with Gasteiger partial charge in [0.2, 0.25) is 0 Å². The number of hydrogen-bond acceptors (Lipinski definition) is 9. The fourth-order valence-electron chi connectivity index (χ4n) is 0. The Morgan fingerprint density at radius 1 is 1.00 bits per heavy atom. The number of carbonyl (C=O) groups is 1. The van der Waals surface area contributed by atoms with Gasteiger partial charge in [-0.05, 0) is 6.92 Å². The van der Waals surface area contributed by atoms with Crippen LogP contribution in [0.4, 0.5) is 4.79 Å². The molecule has 0 aliphatic rings. The molecule has 0 aliphatic heterocycles. The molecule has 0 aliphatic carbocycles. The maximum atomic E-state index is 8.56. The van der Waals surface area contributed by atoms with Gasteiger partial charge in [0.25, 0.3) is 0 Å². The Hall–Kier alpha value is -1.25. The van der Waals surface area contributed by atoms with Crippen LogP contribution in [0.3, 0.4) is 0 Å². The van der Waals surface area contributed by atoms with E-state index in [0.717, 1.165) is 0 Å². The molecule has 0 heterocycles. The Labute approximate surface area is 94.9 Å². The SMILES string of the molecule is C=CC.N.N.N.N.N.O=C(O)O.OB(O)O. The molecule has 11 nitrogen and oxygen atoms in total. The van der Waals surface area contributed by atoms with Crippen LogP contribution in [0.2, 0.25) is 0 Å². The van der Waals surface area contributed by atoms with E-state index in [1.807, 2.05) is 6.92 Å². The van der Waals surface area contributed by atoms with Crippen molar-refractivity contribution in [2.24, 2.45) is 0 Å². The van der Waals surface area contributed by atoms with Gasteiger partial charge in [-0.15, -0.1) is 6.58 Å². The average molecular weight is 251 g/mol. The molecule has 0 rings (SSSR count). The number of rotatable bonds is 0. The highest BCUT2D eigenvalue weighted by Crippen LogP contribution is 1.42. The molecule has 0 saturated carbocycles. The molecule has 0 aromatic carbocycles. The summed E-state index contributed by atoms with van der Waals surface area (Å²) in [4.78, 5) is 8.56. The number of allylic oxidation sites excluding steroid dienone is 1. The van der Waals surface area contributed by atoms with Gasteiger partial charge in [0.05, 0.1) is 0 Å². The summed E-state index contributed by atoms with van der Waals surface area (Å²) in [5.74, 6) is 0. The number of carboxylic acid groups (broad SMARTS) is 2. The van der Waals surface area contributed by atoms with Crippen LogP contribution in [-0.2, 0) is 0 Å². The van der Waals surface area contributed by atoms with Gasteiger partial charge >= 0.3 is 13.5 Å². The molecule has 0 amide bonds. The van der Waals surface area contributed by atoms with Crippen LogP contribution < -0.4 is 30.8 Å². The van der Waals surface area contributed by atoms with Crippen molar-refractivity contribution in [1.82, 2.24) is 30.8 Å². The van der Waals surface area contributed by atoms with Gasteiger partial charge in [-0.25, -0.2) is 4.79 Å². The summed E-state index contributed by atoms with van der Waals surface area (Å²) in [5, 5.41) is 35.4. The van der Waals surface area contributed by atoms with E-state index in [1.54, 1.807) is 6.08 Å². The Balaban J connectivity index is -0.00000000872. The quantitative estimate of drug-likeness (QED) is 0.204. The second-order valence-corrected chi connectivity index (χ2v) is 1.04. The van der Waals surface area contributed by atoms with Crippen LogP contribution in [0.5, 0.6) is 0 Å². The molecule has 0 aromatic heterocycles. The third kappa shape index (κ3) is 1140. The molecule has 20 N–H and O–H groups in total. The lowest BCUT2D eigenvalue weighted by atomic mass is 10.3. The molecule has 0 fully saturated rings. The van der Waals surface area contributed by atoms with E-state index in [2.05, 4.69) is 6.58 Å². The van der Waals surface area contributed by atoms with E-state index in [4.69, 9.17) is 30.1 Å². The zero-order valence-electron chi connectivity index (χ0n) is 9.54. The molecular formula is C4H26BN5O6. The van der Waals surface area contributed by atoms with Crippen molar-refractivity contribution >= 4 is 13.5 Å². The van der Waals surface area contributed by atoms with Crippen molar-refractivity contribution < 1.29 is 30.1 Å². The number of hydrogen-bond donors (Lipinski definition) is 10. The van der Waals surface area contributed by atoms with Crippen LogP contribution in [0.1, 0.15) is 6.92 Å². The molecule has 0 saturated heterocycles. The smallest absolute Gasteiger partial charge is 0.450 e. The van der Waals surface area contributed by atoms with Crippen molar-refractivity contribution in [3.63, 3.8) is 0 Å². The van der Waals surface area contributed by atoms with Gasteiger partial charge in [-0.2, -0.15) is 0 Å². The van der Waals surface area contributed by atoms with Crippen LogP contribution in [0, 0.1) is 0 Å². The highest BCUT2D eigenvalue weighted by Gasteiger charge is 1.92. The van der Waals surface area contributed by atoms with Crippen molar-refractivity contribution in [2.75, 3.05) is 0 Å². The minimum absolute atomic E-state index is 0. The van der Waals surface area contributed by atoms with Gasteiger partial charge in [0.1, 0.15) is 0 Å². The predicted molar refractivity (Wildman–Crippen MR) is 64.0 cm³/mol. The Bertz CT molecular complexity index is 100. The van der Waals surface area contributed by atoms with E-state index in [0.29, 0.717) is 0 Å². The molecule has 16 heavy (non-hydrogen) atoms. The molecule has 106 valence electrons. The summed E-state index contributed by atoms with van der Waals surface area (Å²) in [5.41, 5.74) is 0. The largest absolute Gasteiger partial charge is 0.631 e. The van der Waals surface area contributed by atoms with E-state index >= 15 is 0 Å². The summed E-state index contributed by atoms with van der Waals surface area (Å²) in [6.07, 6.45) is -0.0833. The maximum Gasteiger partial charge on any atom is 0.631 e. The van der Waals surface area contributed by atoms with Crippen molar-refractivity contribution in [1.29, 1.82) is 0 Å². The molecule has 0 bridgehead atoms. The van der Waals surface area contributed by atoms with Crippen molar-refractivity contribution in [2.45, 2.75) is 6.92 Å². The van der Waals surface area contributed by atoms with Gasteiger partial charge in [0, 0.05) is 0 Å². The zero-order chi connectivity index (χ0) is 9.86. The summed E-state index contributed by atoms with van der Waals surface area (Å²) in [6, 6.07) is 0. The van der Waals surface area contributed by atoms with Gasteiger partial charge < -0.3 is 56.0 Å². The highest BCUT2D eigenvalue weighted by molar-refractivity contribution is 6.30. The first kappa shape index (κ1) is 61.2. The summed E-state index contributed by atoms with van der Waals surface area (Å²) in [6.45, 7) is 5.25. The molecule has 0 aromatic rings. The molecular weight excluding hydrogens is 225 g/mol. The molecule has 0 radical (unpaired) electrons. The van der Waals surface area contributed by atoms with E-state index in [9.17, 15) is 0 Å². The third-order valence-corrected chi connectivity index (χ3v) is 0. The molecule has 0 atom stereocenters. The average Bonchev–Trinajstić information content (AvgIpc) is 1.60. The maximum absolute atomic E-state index is 8.56. The molecule has 0 spiro atoms. The second-order valence-electron chi connectivity index (χ2n) is 1.04. The first-order chi connectivity index (χ1) is 4.88. The Morgan fingerprint density at radius 2 is 1.00 bits per heavy atom. The Morgan fingerprint density at radius 3 is 1.00 bits per heavy atom. The first-order valence-corrected chi connectivity index (χ1v) is 2.41. The summed E-state index contributed by atoms with van der Waals surface area (Å²) >= 11 is 0. The second kappa shape index (κ2) is 67.6. The first-order valence-electron chi connectivity index (χ1n) is 2.41. The minimum atomic E-state index is -2.17. The normalized spacial score (nSPS) is 4.00. The lowest BCUT2D eigenvalue weighted by Crippen LogP contribution is -2.07. The minimum Gasteiger partial charge on any atom is -0.450 e. The van der Waals surface area contributed by atoms with Crippen molar-refractivity contribution in [3.8, 4) is 0 Å². The van der Waals surface area contributed by atoms with Crippen molar-refractivity contribution in [3.05, 3.63) is 12.7 Å². The van der Waals surface area contributed by atoms with Crippen LogP contribution >= 0.6 is 0 Å². The van der Waals surface area contributed by atoms with Gasteiger partial charge in [0.15, 0.2) is 0 Å². The van der Waals surface area contributed by atoms with Crippen LogP contribution in [0.25, 0.3) is 0 Å². The summed E-state index contributed by atoms with van der Waals surface area (Å²) < 4.78 is 0. The third-order valence-electron chi connectivity index (χ3n) is 0. The molecule has 0 unspecified atom stereocenters. The summed E-state index contributed by atoms with van der Waals surface area (Å²) in [7, 11) is -2.17. The zero-order valence-corrected chi connectivity index (χ0v) is 9.54. The van der Waals surface area contributed by atoms with Gasteiger partial charge in [-0.3, -0.25) is 0 Å². The topological polar surface area (TPSA) is 293 Å². The van der Waals surface area contributed by atoms with E-state index in [1.165, 1.54) is 0 Å². The van der Waals surface area contributed by atoms with Crippen LogP contribution in [-0.4, -0.2) is 38.8 Å².